The van der Waals surface area contributed by atoms with E-state index in [0.717, 1.165) is 24.1 Å². The van der Waals surface area contributed by atoms with Gasteiger partial charge in [-0.25, -0.2) is 0 Å². The zero-order valence-corrected chi connectivity index (χ0v) is 12.4. The molecule has 4 heteroatoms. The van der Waals surface area contributed by atoms with Crippen molar-refractivity contribution in [2.45, 2.75) is 45.1 Å². The van der Waals surface area contributed by atoms with E-state index in [4.69, 9.17) is 0 Å². The van der Waals surface area contributed by atoms with Gasteiger partial charge in [0.15, 0.2) is 5.96 Å². The molecule has 1 aliphatic carbocycles. The maximum absolute atomic E-state index is 4.29. The van der Waals surface area contributed by atoms with E-state index < -0.39 is 0 Å². The third-order valence-electron chi connectivity index (χ3n) is 3.96. The lowest BCUT2D eigenvalue weighted by Gasteiger charge is -2.22. The molecule has 0 saturated heterocycles. The Bertz CT molecular complexity index is 396. The number of hydrogen-bond donors (Lipinski definition) is 2. The molecular weight excluding hydrogens is 248 g/mol. The smallest absolute Gasteiger partial charge is 0.191 e. The number of guanidine groups is 1. The Labute approximate surface area is 122 Å². The fourth-order valence-corrected chi connectivity index (χ4v) is 2.77. The summed E-state index contributed by atoms with van der Waals surface area (Å²) in [4.78, 5) is 8.55. The zero-order chi connectivity index (χ0) is 14.0. The highest BCUT2D eigenvalue weighted by Gasteiger charge is 2.12. The van der Waals surface area contributed by atoms with Crippen molar-refractivity contribution in [1.29, 1.82) is 0 Å². The molecule has 1 heterocycles. The van der Waals surface area contributed by atoms with Crippen molar-refractivity contribution < 1.29 is 0 Å². The second kappa shape index (κ2) is 8.56. The summed E-state index contributed by atoms with van der Waals surface area (Å²) in [6, 6.07) is 5.95. The Morgan fingerprint density at radius 2 is 2.10 bits per heavy atom. The molecular formula is C16H26N4. The minimum Gasteiger partial charge on any atom is -0.356 e. The van der Waals surface area contributed by atoms with E-state index in [1.165, 1.54) is 38.5 Å². The van der Waals surface area contributed by atoms with Gasteiger partial charge in [0, 0.05) is 19.8 Å². The van der Waals surface area contributed by atoms with Crippen molar-refractivity contribution in [3.63, 3.8) is 0 Å². The first-order chi connectivity index (χ1) is 9.88. The van der Waals surface area contributed by atoms with Crippen LogP contribution in [-0.2, 0) is 6.54 Å². The summed E-state index contributed by atoms with van der Waals surface area (Å²) in [7, 11) is 1.81. The number of nitrogens with one attached hydrogen (secondary N) is 2. The predicted octanol–water partition coefficient (Wildman–Crippen LogP) is 2.72. The van der Waals surface area contributed by atoms with Gasteiger partial charge in [-0.15, -0.1) is 0 Å². The first kappa shape index (κ1) is 14.8. The topological polar surface area (TPSA) is 49.3 Å². The average molecular weight is 274 g/mol. The molecule has 1 aromatic rings. The summed E-state index contributed by atoms with van der Waals surface area (Å²) < 4.78 is 0. The molecule has 0 aliphatic heterocycles. The monoisotopic (exact) mass is 274 g/mol. The molecule has 1 saturated carbocycles. The molecule has 0 bridgehead atoms. The predicted molar refractivity (Wildman–Crippen MR) is 83.6 cm³/mol. The van der Waals surface area contributed by atoms with E-state index in [-0.39, 0.29) is 0 Å². The molecule has 110 valence electrons. The van der Waals surface area contributed by atoms with E-state index in [1.807, 2.05) is 31.4 Å². The Balaban J connectivity index is 1.65. The van der Waals surface area contributed by atoms with Gasteiger partial charge in [-0.1, -0.05) is 38.2 Å². The van der Waals surface area contributed by atoms with Gasteiger partial charge >= 0.3 is 0 Å². The van der Waals surface area contributed by atoms with Gasteiger partial charge in [0.25, 0.3) is 0 Å². The maximum Gasteiger partial charge on any atom is 0.191 e. The van der Waals surface area contributed by atoms with E-state index in [2.05, 4.69) is 20.6 Å². The standard InChI is InChI=1S/C16H26N4/c1-17-16(20-13-15-9-5-6-11-18-15)19-12-10-14-7-3-2-4-8-14/h5-6,9,11,14H,2-4,7-8,10,12-13H2,1H3,(H2,17,19,20). The number of hydrogen-bond acceptors (Lipinski definition) is 2. The van der Waals surface area contributed by atoms with Crippen molar-refractivity contribution in [2.24, 2.45) is 10.9 Å². The van der Waals surface area contributed by atoms with E-state index >= 15 is 0 Å². The Morgan fingerprint density at radius 3 is 2.80 bits per heavy atom. The van der Waals surface area contributed by atoms with Gasteiger partial charge in [-0.2, -0.15) is 0 Å². The lowest BCUT2D eigenvalue weighted by Crippen LogP contribution is -2.38. The van der Waals surface area contributed by atoms with Crippen LogP contribution in [0.2, 0.25) is 0 Å². The van der Waals surface area contributed by atoms with Crippen molar-refractivity contribution >= 4 is 5.96 Å². The largest absolute Gasteiger partial charge is 0.356 e. The van der Waals surface area contributed by atoms with Crippen LogP contribution < -0.4 is 10.6 Å². The van der Waals surface area contributed by atoms with Gasteiger partial charge < -0.3 is 10.6 Å². The van der Waals surface area contributed by atoms with Crippen LogP contribution in [0.3, 0.4) is 0 Å². The quantitative estimate of drug-likeness (QED) is 0.641. The van der Waals surface area contributed by atoms with Gasteiger partial charge in [-0.3, -0.25) is 9.98 Å². The van der Waals surface area contributed by atoms with Crippen LogP contribution in [0.5, 0.6) is 0 Å². The van der Waals surface area contributed by atoms with Crippen LogP contribution in [0.15, 0.2) is 29.4 Å². The van der Waals surface area contributed by atoms with Gasteiger partial charge in [0.1, 0.15) is 0 Å². The summed E-state index contributed by atoms with van der Waals surface area (Å²) in [6.45, 7) is 1.72. The summed E-state index contributed by atoms with van der Waals surface area (Å²) in [6.07, 6.45) is 10.1. The lowest BCUT2D eigenvalue weighted by atomic mass is 9.87. The van der Waals surface area contributed by atoms with E-state index in [9.17, 15) is 0 Å². The van der Waals surface area contributed by atoms with Gasteiger partial charge in [-0.05, 0) is 24.5 Å². The minimum absolute atomic E-state index is 0.712. The second-order valence-electron chi connectivity index (χ2n) is 5.47. The molecule has 2 rings (SSSR count). The molecule has 0 atom stereocenters. The maximum atomic E-state index is 4.29. The molecule has 0 aromatic carbocycles. The molecule has 1 aliphatic rings. The SMILES string of the molecule is CN=C(NCCC1CCCCC1)NCc1ccccn1. The van der Waals surface area contributed by atoms with Crippen LogP contribution >= 0.6 is 0 Å². The summed E-state index contributed by atoms with van der Waals surface area (Å²) in [5, 5.41) is 6.70. The molecule has 20 heavy (non-hydrogen) atoms. The van der Waals surface area contributed by atoms with Gasteiger partial charge in [0.05, 0.1) is 12.2 Å². The lowest BCUT2D eigenvalue weighted by molar-refractivity contribution is 0.339. The molecule has 0 spiro atoms. The van der Waals surface area contributed by atoms with Crippen LogP contribution in [-0.4, -0.2) is 24.5 Å². The molecule has 0 amide bonds. The summed E-state index contributed by atoms with van der Waals surface area (Å²) in [5.41, 5.74) is 1.03. The van der Waals surface area contributed by atoms with Gasteiger partial charge in [0.2, 0.25) is 0 Å². The Morgan fingerprint density at radius 1 is 1.25 bits per heavy atom. The highest BCUT2D eigenvalue weighted by atomic mass is 15.2. The Hall–Kier alpha value is -1.58. The zero-order valence-electron chi connectivity index (χ0n) is 12.4. The van der Waals surface area contributed by atoms with Crippen LogP contribution in [0.25, 0.3) is 0 Å². The van der Waals surface area contributed by atoms with Crippen LogP contribution in [0, 0.1) is 5.92 Å². The number of nitrogens with zero attached hydrogens (tertiary/aromatic N) is 2. The summed E-state index contributed by atoms with van der Waals surface area (Å²) >= 11 is 0. The minimum atomic E-state index is 0.712. The van der Waals surface area contributed by atoms with E-state index in [0.29, 0.717) is 6.54 Å². The summed E-state index contributed by atoms with van der Waals surface area (Å²) in [5.74, 6) is 1.77. The number of pyridine rings is 1. The third kappa shape index (κ3) is 5.19. The molecule has 0 radical (unpaired) electrons. The fraction of sp³-hybridized carbons (Fsp3) is 0.625. The molecule has 2 N–H and O–H groups in total. The normalized spacial score (nSPS) is 16.9. The number of aliphatic imine (C=N–C) groups is 1. The second-order valence-corrected chi connectivity index (χ2v) is 5.47. The highest BCUT2D eigenvalue weighted by Crippen LogP contribution is 2.25. The fourth-order valence-electron chi connectivity index (χ4n) is 2.77. The molecule has 1 aromatic heterocycles. The van der Waals surface area contributed by atoms with Crippen LogP contribution in [0.1, 0.15) is 44.2 Å². The van der Waals surface area contributed by atoms with Crippen molar-refractivity contribution in [2.75, 3.05) is 13.6 Å². The first-order valence-corrected chi connectivity index (χ1v) is 7.73. The van der Waals surface area contributed by atoms with E-state index in [1.54, 1.807) is 0 Å². The molecule has 1 fully saturated rings. The van der Waals surface area contributed by atoms with Crippen LogP contribution in [0.4, 0.5) is 0 Å². The Kier molecular flexibility index (Phi) is 6.35. The molecule has 0 unspecified atom stereocenters. The third-order valence-corrected chi connectivity index (χ3v) is 3.96. The first-order valence-electron chi connectivity index (χ1n) is 7.73. The van der Waals surface area contributed by atoms with Crippen molar-refractivity contribution in [3.8, 4) is 0 Å². The number of aromatic nitrogens is 1. The van der Waals surface area contributed by atoms with Crippen molar-refractivity contribution in [1.82, 2.24) is 15.6 Å². The highest BCUT2D eigenvalue weighted by molar-refractivity contribution is 5.79. The number of rotatable bonds is 5. The molecule has 4 nitrogen and oxygen atoms in total. The average Bonchev–Trinajstić information content (AvgIpc) is 2.52. The van der Waals surface area contributed by atoms with Crippen molar-refractivity contribution in [3.05, 3.63) is 30.1 Å².